The molecule has 9 nitrogen and oxygen atoms in total. The Morgan fingerprint density at radius 3 is 2.64 bits per heavy atom. The highest BCUT2D eigenvalue weighted by atomic mass is 16.7. The highest BCUT2D eigenvalue weighted by Gasteiger charge is 2.24. The molecule has 1 aliphatic rings. The number of carbonyl (C=O) groups excluding carboxylic acids is 2. The molecule has 3 amide bonds. The van der Waals surface area contributed by atoms with Crippen LogP contribution in [0, 0.1) is 5.92 Å². The van der Waals surface area contributed by atoms with E-state index in [1.54, 1.807) is 25.1 Å². The number of hydrogen-bond donors (Lipinski definition) is 4. The molecule has 0 aliphatic carbocycles. The predicted octanol–water partition coefficient (Wildman–Crippen LogP) is 1.15. The molecule has 0 radical (unpaired) electrons. The quantitative estimate of drug-likeness (QED) is 0.580. The van der Waals surface area contributed by atoms with E-state index >= 15 is 0 Å². The van der Waals surface area contributed by atoms with E-state index in [1.165, 1.54) is 0 Å². The molecule has 1 aliphatic heterocycles. The maximum Gasteiger partial charge on any atom is 0.325 e. The number of imide groups is 1. The third-order valence-electron chi connectivity index (χ3n) is 3.84. The van der Waals surface area contributed by atoms with E-state index in [4.69, 9.17) is 14.6 Å². The van der Waals surface area contributed by atoms with Crippen LogP contribution in [0.25, 0.3) is 0 Å². The molecule has 136 valence electrons. The number of carboxylic acids is 1. The number of anilines is 1. The normalized spacial score (nSPS) is 14.5. The van der Waals surface area contributed by atoms with E-state index in [0.29, 0.717) is 23.6 Å². The molecule has 1 heterocycles. The summed E-state index contributed by atoms with van der Waals surface area (Å²) in [5, 5.41) is 16.4. The van der Waals surface area contributed by atoms with E-state index in [1.807, 2.05) is 6.92 Å². The molecule has 0 bridgehead atoms. The topological polar surface area (TPSA) is 126 Å². The van der Waals surface area contributed by atoms with Crippen molar-refractivity contribution >= 4 is 23.6 Å². The largest absolute Gasteiger partial charge is 0.480 e. The summed E-state index contributed by atoms with van der Waals surface area (Å²) in [6, 6.07) is 3.26. The molecule has 0 fully saturated rings. The fourth-order valence-corrected chi connectivity index (χ4v) is 2.28. The number of carbonyl (C=O) groups is 3. The first-order valence-corrected chi connectivity index (χ1v) is 7.87. The van der Waals surface area contributed by atoms with Gasteiger partial charge in [-0.25, -0.2) is 4.79 Å². The van der Waals surface area contributed by atoms with Crippen molar-refractivity contribution in [3.63, 3.8) is 0 Å². The van der Waals surface area contributed by atoms with Crippen LogP contribution in [0.4, 0.5) is 10.5 Å². The fraction of sp³-hybridized carbons (Fsp3) is 0.438. The molecule has 0 unspecified atom stereocenters. The summed E-state index contributed by atoms with van der Waals surface area (Å²) in [6.45, 7) is 3.48. The molecule has 2 rings (SSSR count). The number of rotatable bonds is 7. The van der Waals surface area contributed by atoms with Gasteiger partial charge in [0.15, 0.2) is 11.5 Å². The van der Waals surface area contributed by atoms with Gasteiger partial charge in [-0.2, -0.15) is 0 Å². The van der Waals surface area contributed by atoms with Gasteiger partial charge in [-0.05, 0) is 18.1 Å². The standard InChI is InChI=1S/C16H21N3O6/c1-3-9(2)14(15(21)22)17-7-13(20)19-16(23)18-10-4-5-11-12(6-10)25-8-24-11/h4-6,9,14,17H,3,7-8H2,1-2H3,(H,21,22)(H2,18,19,20,23)/t9-,14-/m0/s1. The molecule has 1 aromatic carbocycles. The van der Waals surface area contributed by atoms with Gasteiger partial charge in [-0.3, -0.25) is 20.2 Å². The summed E-state index contributed by atoms with van der Waals surface area (Å²) in [7, 11) is 0. The number of fused-ring (bicyclic) bond motifs is 1. The van der Waals surface area contributed by atoms with Crippen molar-refractivity contribution in [2.75, 3.05) is 18.7 Å². The number of urea groups is 1. The van der Waals surface area contributed by atoms with Gasteiger partial charge in [-0.1, -0.05) is 20.3 Å². The van der Waals surface area contributed by atoms with E-state index in [0.717, 1.165) is 0 Å². The van der Waals surface area contributed by atoms with Gasteiger partial charge in [0.25, 0.3) is 0 Å². The van der Waals surface area contributed by atoms with Crippen LogP contribution in [0.1, 0.15) is 20.3 Å². The number of carboxylic acid groups (broad SMARTS) is 1. The van der Waals surface area contributed by atoms with Crippen LogP contribution in [0.5, 0.6) is 11.5 Å². The van der Waals surface area contributed by atoms with Gasteiger partial charge >= 0.3 is 12.0 Å². The summed E-state index contributed by atoms with van der Waals surface area (Å²) < 4.78 is 10.4. The molecule has 0 aromatic heterocycles. The summed E-state index contributed by atoms with van der Waals surface area (Å²) in [5.74, 6) is -0.729. The molecule has 2 atom stereocenters. The van der Waals surface area contributed by atoms with Crippen LogP contribution in [0.2, 0.25) is 0 Å². The molecule has 1 aromatic rings. The lowest BCUT2D eigenvalue weighted by atomic mass is 9.99. The Morgan fingerprint density at radius 1 is 1.24 bits per heavy atom. The highest BCUT2D eigenvalue weighted by Crippen LogP contribution is 2.34. The Balaban J connectivity index is 1.81. The van der Waals surface area contributed by atoms with Crippen LogP contribution in [0.15, 0.2) is 18.2 Å². The zero-order valence-corrected chi connectivity index (χ0v) is 14.0. The maximum atomic E-state index is 11.8. The molecule has 9 heteroatoms. The van der Waals surface area contributed by atoms with Crippen LogP contribution < -0.4 is 25.4 Å². The first-order chi connectivity index (χ1) is 11.9. The lowest BCUT2D eigenvalue weighted by Crippen LogP contribution is -2.47. The van der Waals surface area contributed by atoms with Gasteiger partial charge < -0.3 is 19.9 Å². The van der Waals surface area contributed by atoms with Crippen molar-refractivity contribution in [1.29, 1.82) is 0 Å². The van der Waals surface area contributed by atoms with Crippen LogP contribution in [-0.4, -0.2) is 42.4 Å². The van der Waals surface area contributed by atoms with Crippen molar-refractivity contribution in [2.24, 2.45) is 5.92 Å². The van der Waals surface area contributed by atoms with Crippen molar-refractivity contribution in [1.82, 2.24) is 10.6 Å². The van der Waals surface area contributed by atoms with E-state index in [-0.39, 0.29) is 19.3 Å². The third kappa shape index (κ3) is 5.08. The minimum atomic E-state index is -1.04. The second-order valence-corrected chi connectivity index (χ2v) is 5.65. The average Bonchev–Trinajstić information content (AvgIpc) is 3.01. The summed E-state index contributed by atoms with van der Waals surface area (Å²) in [6.07, 6.45) is 0.649. The lowest BCUT2D eigenvalue weighted by Gasteiger charge is -2.19. The molecular formula is C16H21N3O6. The maximum absolute atomic E-state index is 11.8. The Bertz CT molecular complexity index is 663. The Labute approximate surface area is 144 Å². The second-order valence-electron chi connectivity index (χ2n) is 5.65. The second kappa shape index (κ2) is 8.34. The number of aliphatic carboxylic acids is 1. The molecule has 4 N–H and O–H groups in total. The van der Waals surface area contributed by atoms with Crippen LogP contribution in [-0.2, 0) is 9.59 Å². The fourth-order valence-electron chi connectivity index (χ4n) is 2.28. The number of amides is 3. The van der Waals surface area contributed by atoms with Crippen LogP contribution >= 0.6 is 0 Å². The van der Waals surface area contributed by atoms with E-state index in [2.05, 4.69) is 16.0 Å². The first-order valence-electron chi connectivity index (χ1n) is 7.87. The van der Waals surface area contributed by atoms with Gasteiger partial charge in [0, 0.05) is 11.8 Å². The predicted molar refractivity (Wildman–Crippen MR) is 88.6 cm³/mol. The number of ether oxygens (including phenoxy) is 2. The van der Waals surface area contributed by atoms with Gasteiger partial charge in [0.1, 0.15) is 6.04 Å². The zero-order valence-electron chi connectivity index (χ0n) is 14.0. The summed E-state index contributed by atoms with van der Waals surface area (Å²) >= 11 is 0. The van der Waals surface area contributed by atoms with Crippen molar-refractivity contribution in [2.45, 2.75) is 26.3 Å². The van der Waals surface area contributed by atoms with Gasteiger partial charge in [0.2, 0.25) is 12.7 Å². The van der Waals surface area contributed by atoms with Gasteiger partial charge in [0.05, 0.1) is 6.54 Å². The third-order valence-corrected chi connectivity index (χ3v) is 3.84. The first kappa shape index (κ1) is 18.5. The van der Waals surface area contributed by atoms with Gasteiger partial charge in [-0.15, -0.1) is 0 Å². The van der Waals surface area contributed by atoms with Crippen molar-refractivity contribution in [3.05, 3.63) is 18.2 Å². The molecule has 0 saturated carbocycles. The number of nitrogens with one attached hydrogen (secondary N) is 3. The average molecular weight is 351 g/mol. The minimum Gasteiger partial charge on any atom is -0.480 e. The monoisotopic (exact) mass is 351 g/mol. The lowest BCUT2D eigenvalue weighted by molar-refractivity contribution is -0.140. The molecule has 0 saturated heterocycles. The SMILES string of the molecule is CC[C@H](C)[C@H](NCC(=O)NC(=O)Nc1ccc2c(c1)OCO2)C(=O)O. The summed E-state index contributed by atoms with van der Waals surface area (Å²) in [4.78, 5) is 34.8. The zero-order chi connectivity index (χ0) is 18.4. The van der Waals surface area contributed by atoms with Crippen molar-refractivity contribution < 1.29 is 29.0 Å². The molecule has 0 spiro atoms. The summed E-state index contributed by atoms with van der Waals surface area (Å²) in [5.41, 5.74) is 0.436. The minimum absolute atomic E-state index is 0.121. The van der Waals surface area contributed by atoms with E-state index in [9.17, 15) is 14.4 Å². The Morgan fingerprint density at radius 2 is 1.96 bits per heavy atom. The number of benzene rings is 1. The van der Waals surface area contributed by atoms with Crippen LogP contribution in [0.3, 0.4) is 0 Å². The van der Waals surface area contributed by atoms with E-state index < -0.39 is 23.9 Å². The van der Waals surface area contributed by atoms with Crippen molar-refractivity contribution in [3.8, 4) is 11.5 Å². The molecule has 25 heavy (non-hydrogen) atoms. The Kier molecular flexibility index (Phi) is 6.18. The smallest absolute Gasteiger partial charge is 0.325 e. The number of hydrogen-bond acceptors (Lipinski definition) is 6. The molecular weight excluding hydrogens is 330 g/mol. The Hall–Kier alpha value is -2.81. The highest BCUT2D eigenvalue weighted by molar-refractivity contribution is 6.02.